The highest BCUT2D eigenvalue weighted by Crippen LogP contribution is 2.30. The number of rotatable bonds is 9. The molecular weight excluding hydrogens is 416 g/mol. The van der Waals surface area contributed by atoms with E-state index in [1.807, 2.05) is 36.4 Å². The van der Waals surface area contributed by atoms with Crippen LogP contribution in [0.15, 0.2) is 54.9 Å². The Morgan fingerprint density at radius 1 is 1.06 bits per heavy atom. The number of benzene rings is 1. The van der Waals surface area contributed by atoms with E-state index in [1.54, 1.807) is 19.2 Å². The molecule has 6 nitrogen and oxygen atoms in total. The molecule has 0 aliphatic heterocycles. The standard InChI is InChI=1S/C24H23ClN2O4/c1-2-29-24(28)19-11-21(25)22(26-13-19)15-30-20-5-3-4-17(10-20)18-8-9-23(27-12-18)31-14-16-6-7-16/h3-5,8-13,16H,2,6-7,14-15H2,1H3. The van der Waals surface area contributed by atoms with E-state index in [0.717, 1.165) is 17.7 Å². The molecule has 0 radical (unpaired) electrons. The van der Waals surface area contributed by atoms with Gasteiger partial charge in [-0.25, -0.2) is 9.78 Å². The van der Waals surface area contributed by atoms with E-state index in [0.29, 0.717) is 40.4 Å². The van der Waals surface area contributed by atoms with Gasteiger partial charge in [0.05, 0.1) is 29.5 Å². The van der Waals surface area contributed by atoms with E-state index in [4.69, 9.17) is 25.8 Å². The first kappa shape index (κ1) is 21.1. The molecule has 0 spiro atoms. The molecule has 1 aromatic carbocycles. The van der Waals surface area contributed by atoms with Crippen molar-refractivity contribution in [3.05, 3.63) is 71.1 Å². The fourth-order valence-electron chi connectivity index (χ4n) is 2.94. The average molecular weight is 439 g/mol. The fraction of sp³-hybridized carbons (Fsp3) is 0.292. The van der Waals surface area contributed by atoms with Crippen LogP contribution in [0.1, 0.15) is 35.8 Å². The lowest BCUT2D eigenvalue weighted by Gasteiger charge is -2.10. The maximum absolute atomic E-state index is 11.8. The number of halogens is 1. The summed E-state index contributed by atoms with van der Waals surface area (Å²) in [5.74, 6) is 1.57. The number of ether oxygens (including phenoxy) is 3. The second kappa shape index (κ2) is 9.79. The summed E-state index contributed by atoms with van der Waals surface area (Å²) in [6.07, 6.45) is 5.74. The Hall–Kier alpha value is -3.12. The van der Waals surface area contributed by atoms with Gasteiger partial charge in [-0.05, 0) is 55.5 Å². The van der Waals surface area contributed by atoms with Gasteiger partial charge in [-0.3, -0.25) is 4.98 Å². The van der Waals surface area contributed by atoms with Crippen LogP contribution in [0.2, 0.25) is 5.02 Å². The monoisotopic (exact) mass is 438 g/mol. The van der Waals surface area contributed by atoms with Crippen LogP contribution in [-0.4, -0.2) is 29.2 Å². The zero-order valence-corrected chi connectivity index (χ0v) is 18.0. The molecule has 0 saturated heterocycles. The van der Waals surface area contributed by atoms with Gasteiger partial charge < -0.3 is 14.2 Å². The lowest BCUT2D eigenvalue weighted by atomic mass is 10.1. The summed E-state index contributed by atoms with van der Waals surface area (Å²) in [6.45, 7) is 2.96. The van der Waals surface area contributed by atoms with Gasteiger partial charge in [0.15, 0.2) is 0 Å². The SMILES string of the molecule is CCOC(=O)c1cnc(COc2cccc(-c3ccc(OCC4CC4)nc3)c2)c(Cl)c1. The first-order valence-corrected chi connectivity index (χ1v) is 10.6. The third-order valence-corrected chi connectivity index (χ3v) is 5.20. The molecule has 31 heavy (non-hydrogen) atoms. The first-order chi connectivity index (χ1) is 15.1. The summed E-state index contributed by atoms with van der Waals surface area (Å²) in [7, 11) is 0. The minimum atomic E-state index is -0.449. The molecule has 0 bridgehead atoms. The van der Waals surface area contributed by atoms with Crippen LogP contribution >= 0.6 is 11.6 Å². The highest BCUT2D eigenvalue weighted by molar-refractivity contribution is 6.31. The van der Waals surface area contributed by atoms with Crippen molar-refractivity contribution in [1.82, 2.24) is 9.97 Å². The minimum Gasteiger partial charge on any atom is -0.487 e. The van der Waals surface area contributed by atoms with Crippen LogP contribution < -0.4 is 9.47 Å². The largest absolute Gasteiger partial charge is 0.487 e. The van der Waals surface area contributed by atoms with Crippen molar-refractivity contribution >= 4 is 17.6 Å². The molecule has 2 heterocycles. The van der Waals surface area contributed by atoms with E-state index < -0.39 is 5.97 Å². The smallest absolute Gasteiger partial charge is 0.339 e. The van der Waals surface area contributed by atoms with E-state index in [1.165, 1.54) is 19.0 Å². The van der Waals surface area contributed by atoms with Gasteiger partial charge in [-0.1, -0.05) is 23.7 Å². The van der Waals surface area contributed by atoms with Crippen LogP contribution in [0.5, 0.6) is 11.6 Å². The topological polar surface area (TPSA) is 70.5 Å². The predicted molar refractivity (Wildman–Crippen MR) is 117 cm³/mol. The number of hydrogen-bond donors (Lipinski definition) is 0. The molecule has 7 heteroatoms. The van der Waals surface area contributed by atoms with Crippen LogP contribution in [0.4, 0.5) is 0 Å². The number of carbonyl (C=O) groups is 1. The molecule has 0 N–H and O–H groups in total. The Kier molecular flexibility index (Phi) is 6.67. The second-order valence-corrected chi connectivity index (χ2v) is 7.74. The van der Waals surface area contributed by atoms with Gasteiger partial charge in [-0.2, -0.15) is 0 Å². The zero-order valence-electron chi connectivity index (χ0n) is 17.2. The quantitative estimate of drug-likeness (QED) is 0.420. The Morgan fingerprint density at radius 2 is 1.94 bits per heavy atom. The second-order valence-electron chi connectivity index (χ2n) is 7.33. The van der Waals surface area contributed by atoms with Gasteiger partial charge >= 0.3 is 5.97 Å². The van der Waals surface area contributed by atoms with Crippen LogP contribution in [0.25, 0.3) is 11.1 Å². The zero-order chi connectivity index (χ0) is 21.6. The number of carbonyl (C=O) groups excluding carboxylic acids is 1. The van der Waals surface area contributed by atoms with Crippen LogP contribution in [0.3, 0.4) is 0 Å². The summed E-state index contributed by atoms with van der Waals surface area (Å²) >= 11 is 6.26. The molecule has 1 fully saturated rings. The maximum Gasteiger partial charge on any atom is 0.339 e. The molecule has 0 amide bonds. The molecular formula is C24H23ClN2O4. The summed E-state index contributed by atoms with van der Waals surface area (Å²) in [5, 5.41) is 0.354. The van der Waals surface area contributed by atoms with E-state index in [2.05, 4.69) is 9.97 Å². The molecule has 1 saturated carbocycles. The van der Waals surface area contributed by atoms with Crippen molar-refractivity contribution in [2.24, 2.45) is 5.92 Å². The van der Waals surface area contributed by atoms with Gasteiger partial charge in [-0.15, -0.1) is 0 Å². The number of hydrogen-bond acceptors (Lipinski definition) is 6. The lowest BCUT2D eigenvalue weighted by Crippen LogP contribution is -2.07. The summed E-state index contributed by atoms with van der Waals surface area (Å²) in [6, 6.07) is 13.1. The highest BCUT2D eigenvalue weighted by Gasteiger charge is 2.22. The Labute approximate surface area is 186 Å². The van der Waals surface area contributed by atoms with Crippen molar-refractivity contribution in [1.29, 1.82) is 0 Å². The molecule has 4 rings (SSSR count). The minimum absolute atomic E-state index is 0.178. The van der Waals surface area contributed by atoms with Crippen LogP contribution in [-0.2, 0) is 11.3 Å². The van der Waals surface area contributed by atoms with Crippen molar-refractivity contribution in [2.75, 3.05) is 13.2 Å². The lowest BCUT2D eigenvalue weighted by molar-refractivity contribution is 0.0525. The predicted octanol–water partition coefficient (Wildman–Crippen LogP) is 5.34. The normalized spacial score (nSPS) is 13.0. The summed E-state index contributed by atoms with van der Waals surface area (Å²) in [4.78, 5) is 20.4. The van der Waals surface area contributed by atoms with Gasteiger partial charge in [0.1, 0.15) is 12.4 Å². The molecule has 2 aromatic heterocycles. The number of esters is 1. The number of aromatic nitrogens is 2. The fourth-order valence-corrected chi connectivity index (χ4v) is 3.16. The molecule has 160 valence electrons. The molecule has 3 aromatic rings. The van der Waals surface area contributed by atoms with Gasteiger partial charge in [0.25, 0.3) is 0 Å². The Morgan fingerprint density at radius 3 is 2.65 bits per heavy atom. The van der Waals surface area contributed by atoms with Crippen molar-refractivity contribution in [2.45, 2.75) is 26.4 Å². The third-order valence-electron chi connectivity index (χ3n) is 4.87. The van der Waals surface area contributed by atoms with Crippen molar-refractivity contribution in [3.8, 4) is 22.8 Å². The number of pyridine rings is 2. The highest BCUT2D eigenvalue weighted by atomic mass is 35.5. The molecule has 0 unspecified atom stereocenters. The number of nitrogens with zero attached hydrogens (tertiary/aromatic N) is 2. The van der Waals surface area contributed by atoms with E-state index in [9.17, 15) is 4.79 Å². The first-order valence-electron chi connectivity index (χ1n) is 10.3. The molecule has 1 aliphatic carbocycles. The van der Waals surface area contributed by atoms with E-state index >= 15 is 0 Å². The van der Waals surface area contributed by atoms with Crippen LogP contribution in [0, 0.1) is 5.92 Å². The third kappa shape index (κ3) is 5.73. The molecule has 0 atom stereocenters. The Bertz CT molecular complexity index is 1050. The summed E-state index contributed by atoms with van der Waals surface area (Å²) in [5.41, 5.74) is 2.81. The Balaban J connectivity index is 1.39. The van der Waals surface area contributed by atoms with E-state index in [-0.39, 0.29) is 6.61 Å². The van der Waals surface area contributed by atoms with Gasteiger partial charge in [0.2, 0.25) is 5.88 Å². The average Bonchev–Trinajstić information content (AvgIpc) is 3.62. The van der Waals surface area contributed by atoms with Crippen molar-refractivity contribution < 1.29 is 19.0 Å². The van der Waals surface area contributed by atoms with Gasteiger partial charge in [0, 0.05) is 24.0 Å². The maximum atomic E-state index is 11.8. The molecule has 1 aliphatic rings. The van der Waals surface area contributed by atoms with Crippen molar-refractivity contribution in [3.63, 3.8) is 0 Å². The summed E-state index contributed by atoms with van der Waals surface area (Å²) < 4.78 is 16.5.